The van der Waals surface area contributed by atoms with E-state index in [1.807, 2.05) is 0 Å². The lowest BCUT2D eigenvalue weighted by Crippen LogP contribution is -2.08. The zero-order valence-corrected chi connectivity index (χ0v) is 5.69. The number of carboxylic acid groups (broad SMARTS) is 1. The summed E-state index contributed by atoms with van der Waals surface area (Å²) in [6.45, 7) is 0.189. The molecule has 0 fully saturated rings. The number of terminal acetylenes is 1. The summed E-state index contributed by atoms with van der Waals surface area (Å²) in [5, 5.41) is 12.3. The Balaban J connectivity index is 2.98. The smallest absolute Gasteiger partial charge is 0.354 e. The molecule has 1 aromatic heterocycles. The third kappa shape index (κ3) is 1.38. The van der Waals surface area contributed by atoms with Crippen LogP contribution in [-0.2, 0) is 6.54 Å². The molecular formula is C7H6N2O2. The van der Waals surface area contributed by atoms with Gasteiger partial charge in [-0.2, -0.15) is 5.10 Å². The molecule has 4 heteroatoms. The van der Waals surface area contributed by atoms with Gasteiger partial charge in [0, 0.05) is 6.20 Å². The molecule has 0 spiro atoms. The molecule has 0 unspecified atom stereocenters. The molecule has 0 amide bonds. The molecule has 0 atom stereocenters. The molecule has 0 radical (unpaired) electrons. The molecule has 56 valence electrons. The highest BCUT2D eigenvalue weighted by molar-refractivity contribution is 5.85. The highest BCUT2D eigenvalue weighted by Gasteiger charge is 2.07. The monoisotopic (exact) mass is 150 g/mol. The largest absolute Gasteiger partial charge is 0.477 e. The molecule has 0 aliphatic carbocycles. The lowest BCUT2D eigenvalue weighted by atomic mass is 10.4. The molecule has 1 aromatic rings. The van der Waals surface area contributed by atoms with Crippen LogP contribution in [0.15, 0.2) is 12.3 Å². The average molecular weight is 150 g/mol. The second-order valence-electron chi connectivity index (χ2n) is 1.88. The molecule has 0 saturated heterocycles. The zero-order chi connectivity index (χ0) is 8.27. The number of aromatic nitrogens is 2. The minimum atomic E-state index is -1.02. The van der Waals surface area contributed by atoms with Crippen molar-refractivity contribution in [3.63, 3.8) is 0 Å². The van der Waals surface area contributed by atoms with Gasteiger partial charge in [0.15, 0.2) is 0 Å². The average Bonchev–Trinajstić information content (AvgIpc) is 2.36. The number of nitrogens with zero attached hydrogens (tertiary/aromatic N) is 2. The van der Waals surface area contributed by atoms with Crippen LogP contribution in [0.25, 0.3) is 0 Å². The van der Waals surface area contributed by atoms with Crippen LogP contribution in [0.2, 0.25) is 0 Å². The Morgan fingerprint density at radius 2 is 2.64 bits per heavy atom. The van der Waals surface area contributed by atoms with E-state index in [1.165, 1.54) is 16.9 Å². The predicted octanol–water partition coefficient (Wildman–Crippen LogP) is 0.214. The summed E-state index contributed by atoms with van der Waals surface area (Å²) in [5.74, 6) is 1.29. The van der Waals surface area contributed by atoms with Crippen molar-refractivity contribution in [1.82, 2.24) is 9.78 Å². The van der Waals surface area contributed by atoms with Crippen molar-refractivity contribution in [3.05, 3.63) is 18.0 Å². The molecule has 0 aliphatic heterocycles. The molecule has 0 saturated carbocycles. The van der Waals surface area contributed by atoms with Crippen LogP contribution in [0.1, 0.15) is 10.5 Å². The van der Waals surface area contributed by atoms with Gasteiger partial charge >= 0.3 is 5.97 Å². The quantitative estimate of drug-likeness (QED) is 0.613. The highest BCUT2D eigenvalue weighted by atomic mass is 16.4. The number of aromatic carboxylic acids is 1. The van der Waals surface area contributed by atoms with Gasteiger partial charge in [-0.1, -0.05) is 5.92 Å². The summed E-state index contributed by atoms with van der Waals surface area (Å²) in [6, 6.07) is 1.40. The standard InChI is InChI=1S/C7H6N2O2/c1-2-5-9-6(7(10)11)3-4-8-9/h1,3-4H,5H2,(H,10,11). The van der Waals surface area contributed by atoms with Gasteiger partial charge in [0.2, 0.25) is 0 Å². The fraction of sp³-hybridized carbons (Fsp3) is 0.143. The van der Waals surface area contributed by atoms with Gasteiger partial charge in [-0.3, -0.25) is 0 Å². The van der Waals surface area contributed by atoms with Crippen LogP contribution < -0.4 is 0 Å². The maximum Gasteiger partial charge on any atom is 0.354 e. The number of carbonyl (C=O) groups is 1. The van der Waals surface area contributed by atoms with Crippen LogP contribution in [-0.4, -0.2) is 20.9 Å². The Morgan fingerprint density at radius 1 is 1.91 bits per heavy atom. The Labute approximate surface area is 63.5 Å². The van der Waals surface area contributed by atoms with E-state index in [0.29, 0.717) is 0 Å². The van der Waals surface area contributed by atoms with Gasteiger partial charge in [-0.15, -0.1) is 6.42 Å². The van der Waals surface area contributed by atoms with E-state index in [1.54, 1.807) is 0 Å². The predicted molar refractivity (Wildman–Crippen MR) is 38.0 cm³/mol. The number of carboxylic acids is 1. The van der Waals surface area contributed by atoms with Gasteiger partial charge < -0.3 is 5.11 Å². The minimum absolute atomic E-state index is 0.114. The molecule has 0 bridgehead atoms. The van der Waals surface area contributed by atoms with Crippen molar-refractivity contribution in [2.45, 2.75) is 6.54 Å². The van der Waals surface area contributed by atoms with Crippen LogP contribution in [0, 0.1) is 12.3 Å². The Hall–Kier alpha value is -1.76. The van der Waals surface area contributed by atoms with Crippen molar-refractivity contribution in [1.29, 1.82) is 0 Å². The van der Waals surface area contributed by atoms with Crippen LogP contribution >= 0.6 is 0 Å². The highest BCUT2D eigenvalue weighted by Crippen LogP contribution is 1.97. The first-order valence-corrected chi connectivity index (χ1v) is 2.94. The summed E-state index contributed by atoms with van der Waals surface area (Å²) >= 11 is 0. The van der Waals surface area contributed by atoms with Gasteiger partial charge in [0.05, 0.1) is 0 Å². The summed E-state index contributed by atoms with van der Waals surface area (Å²) in [4.78, 5) is 10.4. The first-order valence-electron chi connectivity index (χ1n) is 2.94. The fourth-order valence-corrected chi connectivity index (χ4v) is 0.727. The van der Waals surface area contributed by atoms with Crippen molar-refractivity contribution in [2.75, 3.05) is 0 Å². The minimum Gasteiger partial charge on any atom is -0.477 e. The molecule has 0 aromatic carbocycles. The topological polar surface area (TPSA) is 55.1 Å². The third-order valence-electron chi connectivity index (χ3n) is 1.18. The maximum atomic E-state index is 10.4. The van der Waals surface area contributed by atoms with Gasteiger partial charge in [-0.25, -0.2) is 9.48 Å². The lowest BCUT2D eigenvalue weighted by Gasteiger charge is -1.96. The molecule has 0 aliphatic rings. The Kier molecular flexibility index (Phi) is 1.93. The van der Waals surface area contributed by atoms with Crippen molar-refractivity contribution < 1.29 is 9.90 Å². The van der Waals surface area contributed by atoms with Crippen molar-refractivity contribution in [2.24, 2.45) is 0 Å². The first kappa shape index (κ1) is 7.35. The molecule has 1 rings (SSSR count). The fourth-order valence-electron chi connectivity index (χ4n) is 0.727. The zero-order valence-electron chi connectivity index (χ0n) is 5.69. The van der Waals surface area contributed by atoms with Crippen molar-refractivity contribution in [3.8, 4) is 12.3 Å². The van der Waals surface area contributed by atoms with E-state index in [9.17, 15) is 4.79 Å². The number of hydrogen-bond donors (Lipinski definition) is 1. The summed E-state index contributed by atoms with van der Waals surface area (Å²) < 4.78 is 1.25. The summed E-state index contributed by atoms with van der Waals surface area (Å²) in [7, 11) is 0. The van der Waals surface area contributed by atoms with Crippen LogP contribution in [0.4, 0.5) is 0 Å². The van der Waals surface area contributed by atoms with E-state index in [4.69, 9.17) is 11.5 Å². The summed E-state index contributed by atoms with van der Waals surface area (Å²) in [5.41, 5.74) is 0.114. The van der Waals surface area contributed by atoms with E-state index < -0.39 is 5.97 Å². The first-order chi connectivity index (χ1) is 5.25. The Morgan fingerprint density at radius 3 is 3.18 bits per heavy atom. The number of rotatable bonds is 2. The Bertz CT molecular complexity index is 308. The third-order valence-corrected chi connectivity index (χ3v) is 1.18. The second kappa shape index (κ2) is 2.88. The molecule has 1 heterocycles. The van der Waals surface area contributed by atoms with E-state index in [2.05, 4.69) is 11.0 Å². The molecule has 11 heavy (non-hydrogen) atoms. The molecule has 4 nitrogen and oxygen atoms in total. The van der Waals surface area contributed by atoms with E-state index >= 15 is 0 Å². The molecule has 1 N–H and O–H groups in total. The van der Waals surface area contributed by atoms with Gasteiger partial charge in [0.25, 0.3) is 0 Å². The molecular weight excluding hydrogens is 144 g/mol. The van der Waals surface area contributed by atoms with Gasteiger partial charge in [-0.05, 0) is 6.07 Å². The second-order valence-corrected chi connectivity index (χ2v) is 1.88. The van der Waals surface area contributed by atoms with E-state index in [0.717, 1.165) is 0 Å². The SMILES string of the molecule is C#CCn1nccc1C(=O)O. The normalized spacial score (nSPS) is 9.00. The summed E-state index contributed by atoms with van der Waals surface area (Å²) in [6.07, 6.45) is 6.39. The van der Waals surface area contributed by atoms with E-state index in [-0.39, 0.29) is 12.2 Å². The van der Waals surface area contributed by atoms with Crippen LogP contribution in [0.3, 0.4) is 0 Å². The van der Waals surface area contributed by atoms with Crippen molar-refractivity contribution >= 4 is 5.97 Å². The van der Waals surface area contributed by atoms with Crippen LogP contribution in [0.5, 0.6) is 0 Å². The van der Waals surface area contributed by atoms with Gasteiger partial charge in [0.1, 0.15) is 12.2 Å². The number of hydrogen-bond acceptors (Lipinski definition) is 2. The lowest BCUT2D eigenvalue weighted by molar-refractivity contribution is 0.0684. The maximum absolute atomic E-state index is 10.4.